The van der Waals surface area contributed by atoms with Gasteiger partial charge in [-0.3, -0.25) is 9.59 Å². The highest BCUT2D eigenvalue weighted by atomic mass is 16.3. The van der Waals surface area contributed by atoms with Crippen LogP contribution in [0.1, 0.15) is 41.0 Å². The van der Waals surface area contributed by atoms with E-state index < -0.39 is 0 Å². The van der Waals surface area contributed by atoms with Gasteiger partial charge in [0.05, 0.1) is 6.61 Å². The minimum absolute atomic E-state index is 0.0312. The van der Waals surface area contributed by atoms with Gasteiger partial charge in [0.25, 0.3) is 0 Å². The van der Waals surface area contributed by atoms with Crippen LogP contribution >= 0.6 is 0 Å². The van der Waals surface area contributed by atoms with Crippen molar-refractivity contribution in [3.05, 3.63) is 47.5 Å². The molecular formula is C21H24N2O3. The minimum Gasteiger partial charge on any atom is -0.395 e. The summed E-state index contributed by atoms with van der Waals surface area (Å²) < 4.78 is 2.24. The van der Waals surface area contributed by atoms with Crippen molar-refractivity contribution in [2.24, 2.45) is 0 Å². The molecule has 0 radical (unpaired) electrons. The second kappa shape index (κ2) is 7.81. The summed E-state index contributed by atoms with van der Waals surface area (Å²) >= 11 is 0. The number of hydrogen-bond acceptors (Lipinski definition) is 4. The van der Waals surface area contributed by atoms with Crippen LogP contribution in [-0.2, 0) is 6.54 Å². The zero-order valence-electron chi connectivity index (χ0n) is 15.2. The maximum atomic E-state index is 11.8. The maximum Gasteiger partial charge on any atom is 0.159 e. The van der Waals surface area contributed by atoms with Gasteiger partial charge < -0.3 is 15.0 Å². The normalized spacial score (nSPS) is 11.3. The van der Waals surface area contributed by atoms with Gasteiger partial charge in [-0.05, 0) is 63.2 Å². The van der Waals surface area contributed by atoms with Crippen molar-refractivity contribution in [2.75, 3.05) is 19.7 Å². The molecule has 1 aromatic heterocycles. The molecule has 5 heteroatoms. The molecule has 5 nitrogen and oxygen atoms in total. The van der Waals surface area contributed by atoms with E-state index in [9.17, 15) is 9.59 Å². The van der Waals surface area contributed by atoms with Crippen LogP contribution in [0.3, 0.4) is 0 Å². The fourth-order valence-corrected chi connectivity index (χ4v) is 3.35. The molecule has 2 N–H and O–H groups in total. The maximum absolute atomic E-state index is 11.8. The van der Waals surface area contributed by atoms with Crippen LogP contribution in [0.2, 0.25) is 0 Å². The van der Waals surface area contributed by atoms with E-state index in [4.69, 9.17) is 5.11 Å². The van der Waals surface area contributed by atoms with E-state index in [0.29, 0.717) is 17.7 Å². The number of ketones is 2. The van der Waals surface area contributed by atoms with Crippen molar-refractivity contribution in [1.29, 1.82) is 0 Å². The summed E-state index contributed by atoms with van der Waals surface area (Å²) in [5.74, 6) is 0.0625. The first-order chi connectivity index (χ1) is 12.5. The Kier molecular flexibility index (Phi) is 5.49. The second-order valence-electron chi connectivity index (χ2n) is 6.56. The van der Waals surface area contributed by atoms with E-state index >= 15 is 0 Å². The van der Waals surface area contributed by atoms with Gasteiger partial charge in [0, 0.05) is 46.0 Å². The number of aliphatic hydroxyl groups excluding tert-OH is 1. The molecule has 0 saturated heterocycles. The largest absolute Gasteiger partial charge is 0.395 e. The second-order valence-corrected chi connectivity index (χ2v) is 6.56. The average molecular weight is 352 g/mol. The van der Waals surface area contributed by atoms with E-state index in [2.05, 4.69) is 9.88 Å². The van der Waals surface area contributed by atoms with Gasteiger partial charge in [-0.15, -0.1) is 0 Å². The topological polar surface area (TPSA) is 71.3 Å². The monoisotopic (exact) mass is 352 g/mol. The number of hydrogen-bond donors (Lipinski definition) is 2. The summed E-state index contributed by atoms with van der Waals surface area (Å²) in [6, 6.07) is 11.5. The SMILES string of the molecule is CC(=O)c1ccc2c(c1)c1cc(C(C)=O)ccc1n2CCCNCCO. The van der Waals surface area contributed by atoms with E-state index in [1.807, 2.05) is 36.4 Å². The van der Waals surface area contributed by atoms with Gasteiger partial charge in [0.15, 0.2) is 11.6 Å². The molecular weight excluding hydrogens is 328 g/mol. The smallest absolute Gasteiger partial charge is 0.159 e. The number of Topliss-reactive ketones (excluding diaryl/α,β-unsaturated/α-hetero) is 2. The van der Waals surface area contributed by atoms with Crippen LogP contribution in [0.4, 0.5) is 0 Å². The predicted molar refractivity (Wildman–Crippen MR) is 104 cm³/mol. The van der Waals surface area contributed by atoms with Crippen LogP contribution in [0.25, 0.3) is 21.8 Å². The van der Waals surface area contributed by atoms with Crippen molar-refractivity contribution < 1.29 is 14.7 Å². The summed E-state index contributed by atoms with van der Waals surface area (Å²) in [6.07, 6.45) is 0.918. The molecule has 0 aliphatic heterocycles. The van der Waals surface area contributed by atoms with Gasteiger partial charge in [0.2, 0.25) is 0 Å². The Morgan fingerprint density at radius 3 is 1.92 bits per heavy atom. The Bertz CT molecular complexity index is 901. The number of aliphatic hydroxyl groups is 1. The fraction of sp³-hybridized carbons (Fsp3) is 0.333. The quantitative estimate of drug-likeness (QED) is 0.482. The lowest BCUT2D eigenvalue weighted by Crippen LogP contribution is -2.20. The number of nitrogens with one attached hydrogen (secondary N) is 1. The van der Waals surface area contributed by atoms with Crippen LogP contribution < -0.4 is 5.32 Å². The van der Waals surface area contributed by atoms with Gasteiger partial charge >= 0.3 is 0 Å². The fourth-order valence-electron chi connectivity index (χ4n) is 3.35. The highest BCUT2D eigenvalue weighted by Crippen LogP contribution is 2.31. The molecule has 0 saturated carbocycles. The zero-order valence-corrected chi connectivity index (χ0v) is 15.2. The van der Waals surface area contributed by atoms with E-state index in [0.717, 1.165) is 41.3 Å². The van der Waals surface area contributed by atoms with Crippen LogP contribution in [0, 0.1) is 0 Å². The summed E-state index contributed by atoms with van der Waals surface area (Å²) in [4.78, 5) is 23.6. The minimum atomic E-state index is 0.0312. The Morgan fingerprint density at radius 2 is 1.46 bits per heavy atom. The first-order valence-corrected chi connectivity index (χ1v) is 8.92. The molecule has 3 rings (SSSR count). The average Bonchev–Trinajstić information content (AvgIpc) is 2.94. The molecule has 2 aromatic carbocycles. The molecule has 0 aliphatic rings. The Balaban J connectivity index is 2.09. The van der Waals surface area contributed by atoms with Gasteiger partial charge in [-0.25, -0.2) is 0 Å². The highest BCUT2D eigenvalue weighted by Gasteiger charge is 2.13. The van der Waals surface area contributed by atoms with Crippen molar-refractivity contribution in [2.45, 2.75) is 26.8 Å². The first-order valence-electron chi connectivity index (χ1n) is 8.92. The number of aromatic nitrogens is 1. The van der Waals surface area contributed by atoms with Crippen LogP contribution in [0.15, 0.2) is 36.4 Å². The standard InChI is InChI=1S/C21H24N2O3/c1-14(25)16-4-6-20-18(12-16)19-13-17(15(2)26)5-7-21(19)23(20)10-3-8-22-9-11-24/h4-7,12-13,22,24H,3,8-11H2,1-2H3. The zero-order chi connectivity index (χ0) is 18.7. The predicted octanol–water partition coefficient (Wildman–Crippen LogP) is 3.17. The number of fused-ring (bicyclic) bond motifs is 3. The third-order valence-corrected chi connectivity index (χ3v) is 4.70. The summed E-state index contributed by atoms with van der Waals surface area (Å²) in [5.41, 5.74) is 3.48. The summed E-state index contributed by atoms with van der Waals surface area (Å²) in [7, 11) is 0. The third-order valence-electron chi connectivity index (χ3n) is 4.70. The summed E-state index contributed by atoms with van der Waals surface area (Å²) in [6.45, 7) is 5.49. The highest BCUT2D eigenvalue weighted by molar-refractivity contribution is 6.12. The molecule has 0 amide bonds. The number of nitrogens with zero attached hydrogens (tertiary/aromatic N) is 1. The van der Waals surface area contributed by atoms with Crippen LogP contribution in [0.5, 0.6) is 0 Å². The molecule has 3 aromatic rings. The molecule has 0 fully saturated rings. The number of rotatable bonds is 8. The third kappa shape index (κ3) is 3.54. The summed E-state index contributed by atoms with van der Waals surface area (Å²) in [5, 5.41) is 14.0. The Hall–Kier alpha value is -2.50. The lowest BCUT2D eigenvalue weighted by atomic mass is 10.0. The molecule has 0 bridgehead atoms. The lowest BCUT2D eigenvalue weighted by Gasteiger charge is -2.08. The number of carbonyl (C=O) groups is 2. The van der Waals surface area contributed by atoms with Crippen molar-refractivity contribution in [3.63, 3.8) is 0 Å². The van der Waals surface area contributed by atoms with Crippen LogP contribution in [-0.4, -0.2) is 40.9 Å². The van der Waals surface area contributed by atoms with Gasteiger partial charge in [-0.1, -0.05) is 0 Å². The molecule has 26 heavy (non-hydrogen) atoms. The molecule has 0 unspecified atom stereocenters. The van der Waals surface area contributed by atoms with E-state index in [-0.39, 0.29) is 18.2 Å². The first kappa shape index (κ1) is 18.3. The molecule has 136 valence electrons. The van der Waals surface area contributed by atoms with Gasteiger partial charge in [-0.2, -0.15) is 0 Å². The Morgan fingerprint density at radius 1 is 0.923 bits per heavy atom. The molecule has 0 atom stereocenters. The van der Waals surface area contributed by atoms with Crippen molar-refractivity contribution in [3.8, 4) is 0 Å². The number of carbonyl (C=O) groups excluding carboxylic acids is 2. The number of aryl methyl sites for hydroxylation is 1. The van der Waals surface area contributed by atoms with E-state index in [1.54, 1.807) is 13.8 Å². The lowest BCUT2D eigenvalue weighted by molar-refractivity contribution is 0.100. The van der Waals surface area contributed by atoms with Crippen molar-refractivity contribution >= 4 is 33.4 Å². The molecule has 0 aliphatic carbocycles. The van der Waals surface area contributed by atoms with Crippen molar-refractivity contribution in [1.82, 2.24) is 9.88 Å². The molecule has 1 heterocycles. The molecule has 0 spiro atoms. The van der Waals surface area contributed by atoms with E-state index in [1.165, 1.54) is 0 Å². The number of benzene rings is 2. The van der Waals surface area contributed by atoms with Gasteiger partial charge in [0.1, 0.15) is 0 Å². The Labute approximate surface area is 152 Å².